The SMILES string of the molecule is OCC1CNCC1c1nc(-c2cccnc2)no1. The maximum Gasteiger partial charge on any atom is 0.231 e. The van der Waals surface area contributed by atoms with E-state index in [1.165, 1.54) is 0 Å². The Morgan fingerprint density at radius 3 is 3.17 bits per heavy atom. The van der Waals surface area contributed by atoms with Crippen LogP contribution in [0.3, 0.4) is 0 Å². The quantitative estimate of drug-likeness (QED) is 0.817. The first kappa shape index (κ1) is 11.3. The average molecular weight is 246 g/mol. The van der Waals surface area contributed by atoms with Crippen molar-refractivity contribution in [2.45, 2.75) is 5.92 Å². The van der Waals surface area contributed by atoms with E-state index in [-0.39, 0.29) is 18.4 Å². The fraction of sp³-hybridized carbons (Fsp3) is 0.417. The van der Waals surface area contributed by atoms with Crippen LogP contribution in [0.5, 0.6) is 0 Å². The Morgan fingerprint density at radius 2 is 2.39 bits per heavy atom. The molecule has 18 heavy (non-hydrogen) atoms. The van der Waals surface area contributed by atoms with E-state index in [9.17, 15) is 5.11 Å². The zero-order valence-electron chi connectivity index (χ0n) is 9.78. The van der Waals surface area contributed by atoms with Crippen LogP contribution >= 0.6 is 0 Å². The highest BCUT2D eigenvalue weighted by Gasteiger charge is 2.32. The second-order valence-corrected chi connectivity index (χ2v) is 4.41. The van der Waals surface area contributed by atoms with Gasteiger partial charge in [0, 0.05) is 43.6 Å². The molecule has 6 heteroatoms. The summed E-state index contributed by atoms with van der Waals surface area (Å²) in [5.74, 6) is 1.36. The van der Waals surface area contributed by atoms with Gasteiger partial charge in [-0.15, -0.1) is 0 Å². The van der Waals surface area contributed by atoms with Gasteiger partial charge < -0.3 is 14.9 Å². The molecule has 2 unspecified atom stereocenters. The lowest BCUT2D eigenvalue weighted by atomic mass is 9.97. The largest absolute Gasteiger partial charge is 0.396 e. The molecule has 3 heterocycles. The molecule has 0 saturated carbocycles. The summed E-state index contributed by atoms with van der Waals surface area (Å²) in [6.45, 7) is 1.67. The minimum atomic E-state index is 0.0907. The Hall–Kier alpha value is -1.79. The third kappa shape index (κ3) is 2.00. The molecule has 1 fully saturated rings. The molecule has 3 rings (SSSR count). The summed E-state index contributed by atoms with van der Waals surface area (Å²) < 4.78 is 5.30. The number of aromatic nitrogens is 3. The lowest BCUT2D eigenvalue weighted by Gasteiger charge is -2.10. The maximum atomic E-state index is 9.28. The normalized spacial score (nSPS) is 23.4. The molecule has 0 amide bonds. The number of aliphatic hydroxyl groups is 1. The second-order valence-electron chi connectivity index (χ2n) is 4.41. The fourth-order valence-electron chi connectivity index (χ4n) is 2.21. The Labute approximate surface area is 104 Å². The summed E-state index contributed by atoms with van der Waals surface area (Å²) in [4.78, 5) is 8.42. The number of hydrogen-bond acceptors (Lipinski definition) is 6. The topological polar surface area (TPSA) is 84.1 Å². The van der Waals surface area contributed by atoms with Crippen molar-refractivity contribution in [3.63, 3.8) is 0 Å². The van der Waals surface area contributed by atoms with E-state index in [4.69, 9.17) is 4.52 Å². The van der Waals surface area contributed by atoms with Crippen molar-refractivity contribution in [3.05, 3.63) is 30.4 Å². The van der Waals surface area contributed by atoms with Gasteiger partial charge in [-0.3, -0.25) is 4.98 Å². The summed E-state index contributed by atoms with van der Waals surface area (Å²) in [7, 11) is 0. The van der Waals surface area contributed by atoms with Crippen LogP contribution in [0.4, 0.5) is 0 Å². The van der Waals surface area contributed by atoms with Crippen molar-refractivity contribution in [2.75, 3.05) is 19.7 Å². The van der Waals surface area contributed by atoms with Gasteiger partial charge in [0.2, 0.25) is 11.7 Å². The minimum Gasteiger partial charge on any atom is -0.396 e. The van der Waals surface area contributed by atoms with E-state index in [2.05, 4.69) is 20.4 Å². The average Bonchev–Trinajstić information content (AvgIpc) is 3.08. The number of hydrogen-bond donors (Lipinski definition) is 2. The summed E-state index contributed by atoms with van der Waals surface area (Å²) in [5, 5.41) is 16.5. The molecule has 2 aromatic rings. The number of aliphatic hydroxyl groups excluding tert-OH is 1. The highest BCUT2D eigenvalue weighted by atomic mass is 16.5. The van der Waals surface area contributed by atoms with Crippen molar-refractivity contribution in [1.82, 2.24) is 20.4 Å². The van der Waals surface area contributed by atoms with E-state index < -0.39 is 0 Å². The number of rotatable bonds is 3. The van der Waals surface area contributed by atoms with Crippen LogP contribution < -0.4 is 5.32 Å². The van der Waals surface area contributed by atoms with E-state index in [1.54, 1.807) is 12.4 Å². The maximum absolute atomic E-state index is 9.28. The van der Waals surface area contributed by atoms with Crippen LogP contribution in [0.1, 0.15) is 11.8 Å². The molecular weight excluding hydrogens is 232 g/mol. The monoisotopic (exact) mass is 246 g/mol. The summed E-state index contributed by atoms with van der Waals surface area (Å²) in [6.07, 6.45) is 3.40. The molecule has 6 nitrogen and oxygen atoms in total. The predicted molar refractivity (Wildman–Crippen MR) is 63.7 cm³/mol. The molecule has 0 spiro atoms. The molecule has 0 aromatic carbocycles. The van der Waals surface area contributed by atoms with Crippen molar-refractivity contribution in [1.29, 1.82) is 0 Å². The van der Waals surface area contributed by atoms with Gasteiger partial charge in [0.25, 0.3) is 0 Å². The molecule has 1 aliphatic rings. The second kappa shape index (κ2) is 4.83. The first-order chi connectivity index (χ1) is 8.88. The fourth-order valence-corrected chi connectivity index (χ4v) is 2.21. The van der Waals surface area contributed by atoms with Gasteiger partial charge in [0.05, 0.1) is 5.92 Å². The number of pyridine rings is 1. The number of nitrogens with zero attached hydrogens (tertiary/aromatic N) is 3. The molecule has 0 radical (unpaired) electrons. The van der Waals surface area contributed by atoms with Gasteiger partial charge >= 0.3 is 0 Å². The summed E-state index contributed by atoms with van der Waals surface area (Å²) >= 11 is 0. The smallest absolute Gasteiger partial charge is 0.231 e. The molecule has 2 N–H and O–H groups in total. The Kier molecular flexibility index (Phi) is 3.04. The van der Waals surface area contributed by atoms with E-state index in [0.29, 0.717) is 11.7 Å². The Morgan fingerprint density at radius 1 is 1.44 bits per heavy atom. The van der Waals surface area contributed by atoms with Crippen molar-refractivity contribution >= 4 is 0 Å². The van der Waals surface area contributed by atoms with Crippen molar-refractivity contribution < 1.29 is 9.63 Å². The van der Waals surface area contributed by atoms with E-state index in [1.807, 2.05) is 12.1 Å². The molecule has 0 bridgehead atoms. The molecule has 94 valence electrons. The standard InChI is InChI=1S/C12H14N4O2/c17-7-9-5-14-6-10(9)12-15-11(16-18-12)8-2-1-3-13-4-8/h1-4,9-10,14,17H,5-7H2. The highest BCUT2D eigenvalue weighted by Crippen LogP contribution is 2.27. The van der Waals surface area contributed by atoms with Crippen LogP contribution in [-0.2, 0) is 0 Å². The molecule has 0 aliphatic carbocycles. The molecule has 1 saturated heterocycles. The lowest BCUT2D eigenvalue weighted by Crippen LogP contribution is -2.15. The van der Waals surface area contributed by atoms with Crippen LogP contribution in [0, 0.1) is 5.92 Å². The third-order valence-electron chi connectivity index (χ3n) is 3.25. The molecular formula is C12H14N4O2. The van der Waals surface area contributed by atoms with Gasteiger partial charge in [0.1, 0.15) is 0 Å². The molecule has 1 aliphatic heterocycles. The zero-order valence-corrected chi connectivity index (χ0v) is 9.78. The van der Waals surface area contributed by atoms with Crippen LogP contribution in [0.25, 0.3) is 11.4 Å². The van der Waals surface area contributed by atoms with Gasteiger partial charge in [-0.2, -0.15) is 4.98 Å². The van der Waals surface area contributed by atoms with Crippen LogP contribution in [0.2, 0.25) is 0 Å². The van der Waals surface area contributed by atoms with Crippen molar-refractivity contribution in [3.8, 4) is 11.4 Å². The van der Waals surface area contributed by atoms with Gasteiger partial charge in [-0.25, -0.2) is 0 Å². The molecule has 2 aromatic heterocycles. The van der Waals surface area contributed by atoms with Crippen LogP contribution in [0.15, 0.2) is 29.0 Å². The summed E-state index contributed by atoms with van der Waals surface area (Å²) in [5.41, 5.74) is 0.832. The minimum absolute atomic E-state index is 0.0907. The predicted octanol–water partition coefficient (Wildman–Crippen LogP) is 0.427. The number of nitrogens with one attached hydrogen (secondary N) is 1. The van der Waals surface area contributed by atoms with Gasteiger partial charge in [-0.05, 0) is 12.1 Å². The Balaban J connectivity index is 1.86. The highest BCUT2D eigenvalue weighted by molar-refractivity contribution is 5.51. The lowest BCUT2D eigenvalue weighted by molar-refractivity contribution is 0.211. The van der Waals surface area contributed by atoms with Gasteiger partial charge in [-0.1, -0.05) is 5.16 Å². The molecule has 2 atom stereocenters. The Bertz CT molecular complexity index is 514. The van der Waals surface area contributed by atoms with E-state index in [0.717, 1.165) is 18.7 Å². The van der Waals surface area contributed by atoms with Crippen molar-refractivity contribution in [2.24, 2.45) is 5.92 Å². The zero-order chi connectivity index (χ0) is 12.4. The van der Waals surface area contributed by atoms with E-state index >= 15 is 0 Å². The van der Waals surface area contributed by atoms with Gasteiger partial charge in [0.15, 0.2) is 0 Å². The first-order valence-electron chi connectivity index (χ1n) is 5.94. The first-order valence-corrected chi connectivity index (χ1v) is 5.94. The summed E-state index contributed by atoms with van der Waals surface area (Å²) in [6, 6.07) is 3.72. The third-order valence-corrected chi connectivity index (χ3v) is 3.25. The van der Waals surface area contributed by atoms with Crippen LogP contribution in [-0.4, -0.2) is 39.9 Å².